The van der Waals surface area contributed by atoms with Gasteiger partial charge in [-0.25, -0.2) is 0 Å². The molecule has 0 aromatic heterocycles. The zero-order valence-corrected chi connectivity index (χ0v) is 29.9. The summed E-state index contributed by atoms with van der Waals surface area (Å²) >= 11 is 0. The molecule has 1 saturated carbocycles. The molecule has 2 bridgehead atoms. The van der Waals surface area contributed by atoms with Crippen LogP contribution in [0.1, 0.15) is 99.7 Å². The molecule has 0 heterocycles. The van der Waals surface area contributed by atoms with Gasteiger partial charge in [0.15, 0.2) is 0 Å². The van der Waals surface area contributed by atoms with Crippen molar-refractivity contribution in [3.63, 3.8) is 0 Å². The normalized spacial score (nSPS) is 29.0. The van der Waals surface area contributed by atoms with Gasteiger partial charge in [-0.05, 0) is 133 Å². The molecule has 1 spiro atoms. The highest BCUT2D eigenvalue weighted by molar-refractivity contribution is 5.73. The number of aliphatic carboxylic acids is 1. The first-order chi connectivity index (χ1) is 24.9. The first-order valence-corrected chi connectivity index (χ1v) is 19.6. The molecule has 0 radical (unpaired) electrons. The number of aromatic hydroxyl groups is 1. The molecule has 266 valence electrons. The molecule has 0 unspecified atom stereocenters. The fourth-order valence-electron chi connectivity index (χ4n) is 10.2. The van der Waals surface area contributed by atoms with Crippen LogP contribution in [0.4, 0.5) is 0 Å². The van der Waals surface area contributed by atoms with E-state index in [1.807, 2.05) is 12.1 Å². The number of unbranched alkanes of at least 4 members (excludes halogenated alkanes) is 2. The molecule has 0 aliphatic heterocycles. The smallest absolute Gasteiger partial charge is 0.307 e. The molecular weight excluding hydrogens is 629 g/mol. The summed E-state index contributed by atoms with van der Waals surface area (Å²) in [4.78, 5) is 25.1. The molecule has 4 aliphatic carbocycles. The second kappa shape index (κ2) is 16.0. The number of rotatable bonds is 10. The minimum absolute atomic E-state index is 0.135. The Morgan fingerprint density at radius 1 is 0.863 bits per heavy atom. The Morgan fingerprint density at radius 2 is 1.65 bits per heavy atom. The number of carboxylic acids is 1. The van der Waals surface area contributed by atoms with Gasteiger partial charge in [0, 0.05) is 11.3 Å². The summed E-state index contributed by atoms with van der Waals surface area (Å²) in [6.45, 7) is 0. The van der Waals surface area contributed by atoms with Crippen LogP contribution >= 0.6 is 0 Å². The van der Waals surface area contributed by atoms with E-state index in [9.17, 15) is 19.8 Å². The SMILES string of the molecule is O=C[C@@H](CCCCC[C@H]1CC=CC[C@@H](C(=O)O)[C@@]2(CC[C@@H]3C=c4ccccc4=C[C@H]3C2)c2cccc(c2)C[C@H]1c1ccc(O)cc1)[C@H]1C=CCC1. The lowest BCUT2D eigenvalue weighted by atomic mass is 9.55. The van der Waals surface area contributed by atoms with Crippen molar-refractivity contribution in [2.75, 3.05) is 0 Å². The topological polar surface area (TPSA) is 74.6 Å². The van der Waals surface area contributed by atoms with Gasteiger partial charge in [0.2, 0.25) is 0 Å². The number of phenolic OH excluding ortho intramolecular Hbond substituents is 1. The first-order valence-electron chi connectivity index (χ1n) is 19.6. The van der Waals surface area contributed by atoms with Crippen LogP contribution in [-0.4, -0.2) is 22.5 Å². The van der Waals surface area contributed by atoms with Gasteiger partial charge in [0.1, 0.15) is 12.0 Å². The fraction of sp³-hybridized carbons (Fsp3) is 0.447. The van der Waals surface area contributed by atoms with Crippen molar-refractivity contribution >= 4 is 24.4 Å². The van der Waals surface area contributed by atoms with Crippen molar-refractivity contribution in [2.45, 2.75) is 94.8 Å². The maximum Gasteiger partial charge on any atom is 0.307 e. The quantitative estimate of drug-likeness (QED) is 0.127. The van der Waals surface area contributed by atoms with Gasteiger partial charge in [-0.15, -0.1) is 0 Å². The molecular formula is C47H54O4. The van der Waals surface area contributed by atoms with Crippen LogP contribution in [-0.2, 0) is 21.4 Å². The highest BCUT2D eigenvalue weighted by Crippen LogP contribution is 2.52. The standard InChI is InChI=1S/C47H54O4/c48-32-40(34-12-4-5-13-34)18-3-1-2-14-35-15-8-9-20-45(46(50)51)47(26-25-39-29-37-16-6-7-17-38(37)30-41(39)31-47)42-19-10-11-33(27-42)28-44(35)36-21-23-43(49)24-22-36/h4,6-12,16-17,19,21-24,27,29-30,32,34-35,39-41,44-45,49H,1-3,5,13-15,18,20,25-26,28,31H2,(H,50,51)/t34-,35-,39+,40+,41-,44+,45-,47+/m0/s1. The van der Waals surface area contributed by atoms with Crippen LogP contribution in [0.25, 0.3) is 12.2 Å². The number of phenols is 1. The molecule has 7 rings (SSSR count). The van der Waals surface area contributed by atoms with E-state index in [0.29, 0.717) is 30.1 Å². The summed E-state index contributed by atoms with van der Waals surface area (Å²) in [5.41, 5.74) is 3.22. The fourth-order valence-corrected chi connectivity index (χ4v) is 10.2. The molecule has 8 atom stereocenters. The van der Waals surface area contributed by atoms with Gasteiger partial charge in [0.05, 0.1) is 5.92 Å². The van der Waals surface area contributed by atoms with Crippen molar-refractivity contribution in [2.24, 2.45) is 35.5 Å². The molecule has 4 heteroatoms. The highest BCUT2D eigenvalue weighted by atomic mass is 16.4. The average molecular weight is 683 g/mol. The average Bonchev–Trinajstić information content (AvgIpc) is 3.68. The minimum atomic E-state index is -0.694. The second-order valence-corrected chi connectivity index (χ2v) is 16.0. The van der Waals surface area contributed by atoms with E-state index >= 15 is 0 Å². The predicted molar refractivity (Wildman–Crippen MR) is 206 cm³/mol. The number of aldehydes is 1. The summed E-state index contributed by atoms with van der Waals surface area (Å²) < 4.78 is 0. The predicted octanol–water partition coefficient (Wildman–Crippen LogP) is 9.05. The molecule has 51 heavy (non-hydrogen) atoms. The zero-order valence-electron chi connectivity index (χ0n) is 29.9. The van der Waals surface area contributed by atoms with Gasteiger partial charge in [-0.3, -0.25) is 4.79 Å². The van der Waals surface area contributed by atoms with Crippen LogP contribution in [0, 0.1) is 35.5 Å². The Morgan fingerprint density at radius 3 is 2.39 bits per heavy atom. The number of fused-ring (bicyclic) bond motifs is 5. The van der Waals surface area contributed by atoms with Crippen molar-refractivity contribution in [3.8, 4) is 5.75 Å². The third-order valence-electron chi connectivity index (χ3n) is 13.0. The Kier molecular flexibility index (Phi) is 11.1. The monoisotopic (exact) mass is 682 g/mol. The van der Waals surface area contributed by atoms with Gasteiger partial charge in [-0.2, -0.15) is 0 Å². The largest absolute Gasteiger partial charge is 0.508 e. The summed E-state index contributed by atoms with van der Waals surface area (Å²) in [6, 6.07) is 25.4. The summed E-state index contributed by atoms with van der Waals surface area (Å²) in [5, 5.41) is 23.7. The molecule has 4 aliphatic rings. The van der Waals surface area contributed by atoms with Crippen LogP contribution in [0.2, 0.25) is 0 Å². The molecule has 2 N–H and O–H groups in total. The van der Waals surface area contributed by atoms with Crippen LogP contribution < -0.4 is 10.4 Å². The highest BCUT2D eigenvalue weighted by Gasteiger charge is 2.49. The summed E-state index contributed by atoms with van der Waals surface area (Å²) in [7, 11) is 0. The lowest BCUT2D eigenvalue weighted by Gasteiger charge is -2.48. The van der Waals surface area contributed by atoms with Crippen molar-refractivity contribution in [1.29, 1.82) is 0 Å². The number of benzene rings is 3. The lowest BCUT2D eigenvalue weighted by molar-refractivity contribution is -0.145. The number of hydrogen-bond acceptors (Lipinski definition) is 3. The summed E-state index contributed by atoms with van der Waals surface area (Å²) in [5.74, 6) is 1.00. The number of carbonyl (C=O) groups is 2. The molecule has 3 aromatic rings. The van der Waals surface area contributed by atoms with E-state index < -0.39 is 17.3 Å². The van der Waals surface area contributed by atoms with E-state index in [1.54, 1.807) is 0 Å². The Balaban J connectivity index is 1.17. The van der Waals surface area contributed by atoms with Crippen LogP contribution in [0.15, 0.2) is 97.1 Å². The van der Waals surface area contributed by atoms with Gasteiger partial charge in [0.25, 0.3) is 0 Å². The van der Waals surface area contributed by atoms with Gasteiger partial charge < -0.3 is 15.0 Å². The Hall–Kier alpha value is -4.18. The molecule has 4 nitrogen and oxygen atoms in total. The minimum Gasteiger partial charge on any atom is -0.508 e. The van der Waals surface area contributed by atoms with E-state index in [0.717, 1.165) is 77.0 Å². The zero-order chi connectivity index (χ0) is 35.2. The van der Waals surface area contributed by atoms with Crippen molar-refractivity contribution < 1.29 is 19.8 Å². The maximum atomic E-state index is 13.3. The molecule has 1 fully saturated rings. The third kappa shape index (κ3) is 7.86. The van der Waals surface area contributed by atoms with E-state index in [4.69, 9.17) is 0 Å². The third-order valence-corrected chi connectivity index (χ3v) is 13.0. The lowest BCUT2D eigenvalue weighted by Crippen LogP contribution is -2.47. The number of hydrogen-bond donors (Lipinski definition) is 2. The van der Waals surface area contributed by atoms with E-state index in [1.165, 1.54) is 33.4 Å². The maximum absolute atomic E-state index is 13.3. The van der Waals surface area contributed by atoms with Gasteiger partial charge >= 0.3 is 5.97 Å². The molecule has 3 aromatic carbocycles. The number of carboxylic acid groups (broad SMARTS) is 1. The summed E-state index contributed by atoms with van der Waals surface area (Å²) in [6.07, 6.45) is 27.4. The van der Waals surface area contributed by atoms with Crippen molar-refractivity contribution in [3.05, 3.63) is 124 Å². The Bertz CT molecular complexity index is 1850. The van der Waals surface area contributed by atoms with Crippen LogP contribution in [0.3, 0.4) is 0 Å². The van der Waals surface area contributed by atoms with E-state index in [-0.39, 0.29) is 17.6 Å². The van der Waals surface area contributed by atoms with Crippen molar-refractivity contribution in [1.82, 2.24) is 0 Å². The second-order valence-electron chi connectivity index (χ2n) is 16.0. The van der Waals surface area contributed by atoms with E-state index in [2.05, 4.69) is 97.1 Å². The van der Waals surface area contributed by atoms with Gasteiger partial charge in [-0.1, -0.05) is 116 Å². The first kappa shape index (κ1) is 35.2. The number of carbonyl (C=O) groups excluding carboxylic acids is 1. The molecule has 0 saturated heterocycles. The molecule has 0 amide bonds. The number of allylic oxidation sites excluding steroid dienone is 4. The van der Waals surface area contributed by atoms with Crippen LogP contribution in [0.5, 0.6) is 5.75 Å². The Labute approximate surface area is 303 Å².